The number of fused-ring (bicyclic) bond motifs is 1. The summed E-state index contributed by atoms with van der Waals surface area (Å²) in [7, 11) is 1.39. The van der Waals surface area contributed by atoms with Crippen molar-refractivity contribution in [3.05, 3.63) is 89.5 Å². The predicted molar refractivity (Wildman–Crippen MR) is 124 cm³/mol. The third-order valence-corrected chi connectivity index (χ3v) is 6.24. The van der Waals surface area contributed by atoms with Crippen LogP contribution in [0.25, 0.3) is 0 Å². The van der Waals surface area contributed by atoms with Crippen molar-refractivity contribution in [2.24, 2.45) is 11.0 Å². The third kappa shape index (κ3) is 3.88. The molecule has 9 heteroatoms. The highest BCUT2D eigenvalue weighted by atomic mass is 19.1. The van der Waals surface area contributed by atoms with Gasteiger partial charge in [0.05, 0.1) is 18.5 Å². The molecule has 2 heterocycles. The average Bonchev–Trinajstić information content (AvgIpc) is 3.36. The molecule has 0 aliphatic carbocycles. The van der Waals surface area contributed by atoms with E-state index in [4.69, 9.17) is 4.74 Å². The van der Waals surface area contributed by atoms with Crippen LogP contribution >= 0.6 is 0 Å². The summed E-state index contributed by atoms with van der Waals surface area (Å²) in [5.74, 6) is -2.63. The van der Waals surface area contributed by atoms with Gasteiger partial charge in [-0.25, -0.2) is 8.78 Å². The van der Waals surface area contributed by atoms with E-state index in [-0.39, 0.29) is 29.6 Å². The summed E-state index contributed by atoms with van der Waals surface area (Å²) in [6, 6.07) is 15.1. The minimum absolute atomic E-state index is 0.109. The second kappa shape index (κ2) is 8.83. The van der Waals surface area contributed by atoms with E-state index in [9.17, 15) is 23.5 Å². The molecule has 0 spiro atoms. The Morgan fingerprint density at radius 1 is 0.943 bits per heavy atom. The number of para-hydroxylation sites is 1. The number of hydrogen-bond donors (Lipinski definition) is 1. The van der Waals surface area contributed by atoms with Crippen LogP contribution in [0.4, 0.5) is 14.5 Å². The number of ether oxygens (including phenoxy) is 1. The molecule has 0 radical (unpaired) electrons. The summed E-state index contributed by atoms with van der Waals surface area (Å²) in [6.45, 7) is 0.109. The zero-order valence-electron chi connectivity index (χ0n) is 18.7. The number of phenols is 1. The number of benzene rings is 3. The van der Waals surface area contributed by atoms with Crippen LogP contribution in [0, 0.1) is 17.6 Å². The molecule has 5 rings (SSSR count). The van der Waals surface area contributed by atoms with Crippen molar-refractivity contribution in [1.29, 1.82) is 0 Å². The number of hydrogen-bond acceptors (Lipinski definition) is 6. The number of rotatable bonds is 6. The largest absolute Gasteiger partial charge is 0.504 e. The zero-order chi connectivity index (χ0) is 24.7. The Balaban J connectivity index is 1.53. The van der Waals surface area contributed by atoms with Gasteiger partial charge in [-0.2, -0.15) is 5.10 Å². The number of likely N-dealkylation sites (tertiary alicyclic amines) is 1. The molecule has 2 aliphatic rings. The van der Waals surface area contributed by atoms with Gasteiger partial charge in [-0.05, 0) is 60.5 Å². The molecule has 2 unspecified atom stereocenters. The van der Waals surface area contributed by atoms with Gasteiger partial charge in [-0.1, -0.05) is 18.2 Å². The van der Waals surface area contributed by atoms with Crippen LogP contribution in [0.2, 0.25) is 0 Å². The van der Waals surface area contributed by atoms with E-state index < -0.39 is 29.6 Å². The van der Waals surface area contributed by atoms with Crippen molar-refractivity contribution in [3.63, 3.8) is 0 Å². The molecule has 0 saturated carbocycles. The summed E-state index contributed by atoms with van der Waals surface area (Å²) < 4.78 is 32.2. The quantitative estimate of drug-likeness (QED) is 0.550. The van der Waals surface area contributed by atoms with E-state index >= 15 is 0 Å². The smallest absolute Gasteiger partial charge is 0.255 e. The van der Waals surface area contributed by atoms with Crippen molar-refractivity contribution >= 4 is 23.2 Å². The van der Waals surface area contributed by atoms with Crippen LogP contribution in [0.5, 0.6) is 11.5 Å². The van der Waals surface area contributed by atoms with Crippen molar-refractivity contribution in [2.75, 3.05) is 18.7 Å². The Morgan fingerprint density at radius 2 is 1.60 bits per heavy atom. The van der Waals surface area contributed by atoms with Gasteiger partial charge >= 0.3 is 0 Å². The number of anilines is 1. The Morgan fingerprint density at radius 3 is 2.26 bits per heavy atom. The fourth-order valence-electron chi connectivity index (χ4n) is 4.55. The van der Waals surface area contributed by atoms with E-state index in [0.717, 1.165) is 5.56 Å². The van der Waals surface area contributed by atoms with E-state index in [1.807, 2.05) is 0 Å². The van der Waals surface area contributed by atoms with Gasteiger partial charge in [0.2, 0.25) is 5.91 Å². The predicted octanol–water partition coefficient (Wildman–Crippen LogP) is 3.50. The monoisotopic (exact) mass is 477 g/mol. The SMILES string of the molecule is COc1c(O)cccc1C1=NN(c2ccc(F)cc2)C2C(=O)N(CCc3ccc(F)cc3)C(=O)C12. The second-order valence-electron chi connectivity index (χ2n) is 8.29. The van der Waals surface area contributed by atoms with Gasteiger partial charge < -0.3 is 9.84 Å². The minimum atomic E-state index is -0.969. The third-order valence-electron chi connectivity index (χ3n) is 6.24. The molecule has 7 nitrogen and oxygen atoms in total. The maximum atomic E-state index is 13.6. The number of methoxy groups -OCH3 is 1. The number of imide groups is 1. The Bertz CT molecular complexity index is 1330. The molecular formula is C26H21F2N3O4. The molecule has 3 aromatic rings. The van der Waals surface area contributed by atoms with Crippen molar-refractivity contribution < 1.29 is 28.2 Å². The average molecular weight is 477 g/mol. The summed E-state index contributed by atoms with van der Waals surface area (Å²) >= 11 is 0. The lowest BCUT2D eigenvalue weighted by Gasteiger charge is -2.22. The van der Waals surface area contributed by atoms with Gasteiger partial charge in [0.25, 0.3) is 5.91 Å². The van der Waals surface area contributed by atoms with E-state index in [1.54, 1.807) is 24.3 Å². The normalized spacial score (nSPS) is 19.2. The maximum absolute atomic E-state index is 13.6. The molecule has 1 fully saturated rings. The molecular weight excluding hydrogens is 456 g/mol. The van der Waals surface area contributed by atoms with Gasteiger partial charge in [0.1, 0.15) is 23.6 Å². The van der Waals surface area contributed by atoms with Crippen LogP contribution in [-0.2, 0) is 16.0 Å². The number of phenolic OH excluding ortho intramolecular Hbond substituents is 1. The number of amides is 2. The summed E-state index contributed by atoms with van der Waals surface area (Å²) in [4.78, 5) is 28.2. The number of nitrogens with zero attached hydrogens (tertiary/aromatic N) is 3. The van der Waals surface area contributed by atoms with Crippen LogP contribution in [0.15, 0.2) is 71.8 Å². The fraction of sp³-hybridized carbons (Fsp3) is 0.192. The van der Waals surface area contributed by atoms with Crippen molar-refractivity contribution in [1.82, 2.24) is 4.90 Å². The Hall–Kier alpha value is -4.27. The van der Waals surface area contributed by atoms with Crippen LogP contribution in [-0.4, -0.2) is 47.2 Å². The van der Waals surface area contributed by atoms with Crippen LogP contribution in [0.1, 0.15) is 11.1 Å². The molecule has 2 atom stereocenters. The van der Waals surface area contributed by atoms with Crippen molar-refractivity contribution in [3.8, 4) is 11.5 Å². The topological polar surface area (TPSA) is 82.4 Å². The summed E-state index contributed by atoms with van der Waals surface area (Å²) in [5.41, 5.74) is 1.88. The number of hydrazone groups is 1. The first-order valence-electron chi connectivity index (χ1n) is 11.0. The molecule has 1 saturated heterocycles. The maximum Gasteiger partial charge on any atom is 0.255 e. The molecule has 2 aliphatic heterocycles. The van der Waals surface area contributed by atoms with Gasteiger partial charge in [0, 0.05) is 12.1 Å². The lowest BCUT2D eigenvalue weighted by molar-refractivity contribution is -0.139. The van der Waals surface area contributed by atoms with Crippen molar-refractivity contribution in [2.45, 2.75) is 12.5 Å². The zero-order valence-corrected chi connectivity index (χ0v) is 18.7. The molecule has 35 heavy (non-hydrogen) atoms. The lowest BCUT2D eigenvalue weighted by atomic mass is 9.92. The highest BCUT2D eigenvalue weighted by Gasteiger charge is 2.57. The highest BCUT2D eigenvalue weighted by molar-refractivity contribution is 6.26. The molecule has 0 bridgehead atoms. The van der Waals surface area contributed by atoms with Gasteiger partial charge in [0.15, 0.2) is 11.5 Å². The molecule has 2 amide bonds. The lowest BCUT2D eigenvalue weighted by Crippen LogP contribution is -2.39. The van der Waals surface area contributed by atoms with E-state index in [1.165, 1.54) is 59.5 Å². The minimum Gasteiger partial charge on any atom is -0.504 e. The Labute approximate surface area is 199 Å². The van der Waals surface area contributed by atoms with E-state index in [0.29, 0.717) is 17.7 Å². The molecule has 1 N–H and O–H groups in total. The number of aromatic hydroxyl groups is 1. The summed E-state index contributed by atoms with van der Waals surface area (Å²) in [6.07, 6.45) is 0.357. The first-order chi connectivity index (χ1) is 16.9. The molecule has 3 aromatic carbocycles. The summed E-state index contributed by atoms with van der Waals surface area (Å²) in [5, 5.41) is 16.3. The first-order valence-corrected chi connectivity index (χ1v) is 11.0. The van der Waals surface area contributed by atoms with Crippen LogP contribution in [0.3, 0.4) is 0 Å². The van der Waals surface area contributed by atoms with Gasteiger partial charge in [-0.3, -0.25) is 19.5 Å². The second-order valence-corrected chi connectivity index (χ2v) is 8.29. The number of carbonyl (C=O) groups is 2. The van der Waals surface area contributed by atoms with Crippen LogP contribution < -0.4 is 9.75 Å². The van der Waals surface area contributed by atoms with Gasteiger partial charge in [-0.15, -0.1) is 0 Å². The molecule has 0 aromatic heterocycles. The fourth-order valence-corrected chi connectivity index (χ4v) is 4.55. The number of carbonyl (C=O) groups excluding carboxylic acids is 2. The first kappa shape index (κ1) is 22.5. The standard InChI is InChI=1S/C26H21F2N3O4/c1-35-24-19(3-2-4-20(24)32)22-21-23(31(29-22)18-11-9-17(28)10-12-18)26(34)30(25(21)33)14-13-15-5-7-16(27)8-6-15/h2-12,21,23,32H,13-14H2,1H3. The Kier molecular flexibility index (Phi) is 5.68. The highest BCUT2D eigenvalue weighted by Crippen LogP contribution is 2.41. The van der Waals surface area contributed by atoms with E-state index in [2.05, 4.69) is 5.10 Å². The molecule has 178 valence electrons. The number of halogens is 2.